The second kappa shape index (κ2) is 6.80. The molecule has 0 unspecified atom stereocenters. The van der Waals surface area contributed by atoms with Gasteiger partial charge in [0.2, 0.25) is 0 Å². The van der Waals surface area contributed by atoms with Crippen LogP contribution < -0.4 is 5.32 Å². The van der Waals surface area contributed by atoms with Gasteiger partial charge in [0, 0.05) is 21.9 Å². The standard InChI is InChI=1S/C20H13BrN4OS2/c1-11-17(18(26)24-19-22-14-8-7-13(21)9-16(14)27-19)28-20-23-15(10-25(11)20)12-5-3-2-4-6-12/h2-10H,1H3,(H,22,24,26). The normalized spacial score (nSPS) is 11.4. The number of rotatable bonds is 3. The summed E-state index contributed by atoms with van der Waals surface area (Å²) in [6, 6.07) is 15.9. The molecule has 1 N–H and O–H groups in total. The highest BCUT2D eigenvalue weighted by atomic mass is 79.9. The van der Waals surface area contributed by atoms with Gasteiger partial charge < -0.3 is 0 Å². The number of carbonyl (C=O) groups excluding carboxylic acids is 1. The lowest BCUT2D eigenvalue weighted by molar-refractivity contribution is 0.102. The molecule has 28 heavy (non-hydrogen) atoms. The first kappa shape index (κ1) is 17.5. The molecule has 0 radical (unpaired) electrons. The van der Waals surface area contributed by atoms with Crippen molar-refractivity contribution in [2.75, 3.05) is 5.32 Å². The highest BCUT2D eigenvalue weighted by Crippen LogP contribution is 2.31. The molecule has 0 fully saturated rings. The lowest BCUT2D eigenvalue weighted by Gasteiger charge is -2.00. The van der Waals surface area contributed by atoms with Crippen molar-refractivity contribution < 1.29 is 4.79 Å². The molecule has 0 spiro atoms. The molecule has 0 atom stereocenters. The van der Waals surface area contributed by atoms with Crippen molar-refractivity contribution in [1.29, 1.82) is 0 Å². The Morgan fingerprint density at radius 2 is 1.93 bits per heavy atom. The van der Waals surface area contributed by atoms with E-state index in [0.29, 0.717) is 10.0 Å². The summed E-state index contributed by atoms with van der Waals surface area (Å²) < 4.78 is 3.98. The van der Waals surface area contributed by atoms with Gasteiger partial charge in [-0.15, -0.1) is 0 Å². The van der Waals surface area contributed by atoms with Gasteiger partial charge in [-0.2, -0.15) is 0 Å². The summed E-state index contributed by atoms with van der Waals surface area (Å²) in [4.78, 5) is 23.4. The van der Waals surface area contributed by atoms with Crippen molar-refractivity contribution in [1.82, 2.24) is 14.4 Å². The molecule has 5 rings (SSSR count). The predicted molar refractivity (Wildman–Crippen MR) is 119 cm³/mol. The first-order valence-corrected chi connectivity index (χ1v) is 10.9. The van der Waals surface area contributed by atoms with E-state index in [1.54, 1.807) is 0 Å². The SMILES string of the molecule is Cc1c(C(=O)Nc2nc3ccc(Br)cc3s2)sc2nc(-c3ccccc3)cn12. The van der Waals surface area contributed by atoms with Crippen LogP contribution in [0.15, 0.2) is 59.2 Å². The number of hydrogen-bond acceptors (Lipinski definition) is 5. The summed E-state index contributed by atoms with van der Waals surface area (Å²) >= 11 is 6.30. The molecule has 0 bridgehead atoms. The Morgan fingerprint density at radius 3 is 2.71 bits per heavy atom. The average molecular weight is 469 g/mol. The zero-order valence-corrected chi connectivity index (χ0v) is 17.9. The molecule has 0 aliphatic heterocycles. The monoisotopic (exact) mass is 468 g/mol. The number of nitrogens with zero attached hydrogens (tertiary/aromatic N) is 3. The average Bonchev–Trinajstić information content (AvgIpc) is 3.36. The number of nitrogens with one attached hydrogen (secondary N) is 1. The second-order valence-corrected chi connectivity index (χ2v) is 9.17. The number of fused-ring (bicyclic) bond motifs is 2. The van der Waals surface area contributed by atoms with Gasteiger partial charge in [-0.25, -0.2) is 9.97 Å². The summed E-state index contributed by atoms with van der Waals surface area (Å²) in [7, 11) is 0. The van der Waals surface area contributed by atoms with Crippen molar-refractivity contribution in [3.05, 3.63) is 69.8 Å². The van der Waals surface area contributed by atoms with E-state index in [4.69, 9.17) is 0 Å². The Kier molecular flexibility index (Phi) is 4.26. The number of aryl methyl sites for hydroxylation is 1. The predicted octanol–water partition coefficient (Wildman–Crippen LogP) is 6.00. The quantitative estimate of drug-likeness (QED) is 0.353. The molecular formula is C20H13BrN4OS2. The van der Waals surface area contributed by atoms with Gasteiger partial charge in [-0.1, -0.05) is 68.9 Å². The Hall–Kier alpha value is -2.55. The number of benzene rings is 2. The molecular weight excluding hydrogens is 456 g/mol. The fraction of sp³-hybridized carbons (Fsp3) is 0.0500. The van der Waals surface area contributed by atoms with Crippen molar-refractivity contribution in [2.45, 2.75) is 6.92 Å². The number of aromatic nitrogens is 3. The zero-order valence-electron chi connectivity index (χ0n) is 14.6. The molecule has 2 aromatic carbocycles. The summed E-state index contributed by atoms with van der Waals surface area (Å²) in [5.41, 5.74) is 3.70. The third-order valence-electron chi connectivity index (χ3n) is 4.40. The van der Waals surface area contributed by atoms with Crippen LogP contribution in [-0.2, 0) is 0 Å². The highest BCUT2D eigenvalue weighted by Gasteiger charge is 2.19. The molecule has 0 aliphatic carbocycles. The van der Waals surface area contributed by atoms with Gasteiger partial charge in [0.15, 0.2) is 10.1 Å². The fourth-order valence-electron chi connectivity index (χ4n) is 3.01. The molecule has 5 aromatic rings. The van der Waals surface area contributed by atoms with Crippen molar-refractivity contribution in [2.24, 2.45) is 0 Å². The second-order valence-electron chi connectivity index (χ2n) is 6.25. The first-order chi connectivity index (χ1) is 13.6. The van der Waals surface area contributed by atoms with Crippen molar-refractivity contribution in [3.63, 3.8) is 0 Å². The van der Waals surface area contributed by atoms with Crippen molar-refractivity contribution >= 4 is 64.8 Å². The summed E-state index contributed by atoms with van der Waals surface area (Å²) in [5.74, 6) is -0.160. The van der Waals surface area contributed by atoms with Gasteiger partial charge >= 0.3 is 0 Å². The fourth-order valence-corrected chi connectivity index (χ4v) is 5.43. The molecule has 3 aromatic heterocycles. The third kappa shape index (κ3) is 3.03. The minimum Gasteiger partial charge on any atom is -0.297 e. The van der Waals surface area contributed by atoms with Crippen LogP contribution >= 0.6 is 38.6 Å². The molecule has 1 amide bonds. The van der Waals surface area contributed by atoms with Gasteiger partial charge in [-0.05, 0) is 25.1 Å². The first-order valence-electron chi connectivity index (χ1n) is 8.50. The Labute approximate surface area is 176 Å². The number of carbonyl (C=O) groups is 1. The van der Waals surface area contributed by atoms with Crippen LogP contribution in [0.3, 0.4) is 0 Å². The maximum atomic E-state index is 12.8. The van der Waals surface area contributed by atoms with Gasteiger partial charge in [0.1, 0.15) is 4.88 Å². The third-order valence-corrected chi connectivity index (χ3v) is 6.99. The van der Waals surface area contributed by atoms with E-state index in [1.165, 1.54) is 22.7 Å². The van der Waals surface area contributed by atoms with E-state index in [2.05, 4.69) is 31.2 Å². The smallest absolute Gasteiger partial charge is 0.269 e. The van der Waals surface area contributed by atoms with E-state index in [0.717, 1.165) is 36.6 Å². The van der Waals surface area contributed by atoms with Crippen LogP contribution in [0.1, 0.15) is 15.4 Å². The lowest BCUT2D eigenvalue weighted by Crippen LogP contribution is -2.11. The minimum atomic E-state index is -0.160. The number of imidazole rings is 1. The lowest BCUT2D eigenvalue weighted by atomic mass is 10.2. The molecule has 0 saturated heterocycles. The molecule has 3 heterocycles. The van der Waals surface area contributed by atoms with Crippen molar-refractivity contribution in [3.8, 4) is 11.3 Å². The molecule has 138 valence electrons. The maximum Gasteiger partial charge on any atom is 0.269 e. The van der Waals surface area contributed by atoms with Gasteiger partial charge in [0.05, 0.1) is 15.9 Å². The number of anilines is 1. The van der Waals surface area contributed by atoms with E-state index in [-0.39, 0.29) is 5.91 Å². The minimum absolute atomic E-state index is 0.160. The van der Waals surface area contributed by atoms with Crippen LogP contribution in [0.25, 0.3) is 26.4 Å². The van der Waals surface area contributed by atoms with E-state index in [9.17, 15) is 4.79 Å². The number of hydrogen-bond donors (Lipinski definition) is 1. The van der Waals surface area contributed by atoms with Gasteiger partial charge in [0.25, 0.3) is 5.91 Å². The maximum absolute atomic E-state index is 12.8. The zero-order chi connectivity index (χ0) is 19.3. The number of amides is 1. The summed E-state index contributed by atoms with van der Waals surface area (Å²) in [6.07, 6.45) is 1.97. The Balaban J connectivity index is 1.45. The summed E-state index contributed by atoms with van der Waals surface area (Å²) in [6.45, 7) is 1.93. The Bertz CT molecular complexity index is 1340. The van der Waals surface area contributed by atoms with E-state index >= 15 is 0 Å². The van der Waals surface area contributed by atoms with E-state index < -0.39 is 0 Å². The molecule has 5 nitrogen and oxygen atoms in total. The largest absolute Gasteiger partial charge is 0.297 e. The number of thiazole rings is 2. The summed E-state index contributed by atoms with van der Waals surface area (Å²) in [5, 5.41) is 3.52. The van der Waals surface area contributed by atoms with Crippen LogP contribution in [0.4, 0.5) is 5.13 Å². The molecule has 0 saturated carbocycles. The van der Waals surface area contributed by atoms with Gasteiger partial charge in [-0.3, -0.25) is 14.5 Å². The number of halogens is 1. The van der Waals surface area contributed by atoms with Crippen LogP contribution in [-0.4, -0.2) is 20.3 Å². The Morgan fingerprint density at radius 1 is 1.11 bits per heavy atom. The van der Waals surface area contributed by atoms with Crippen LogP contribution in [0, 0.1) is 6.92 Å². The highest BCUT2D eigenvalue weighted by molar-refractivity contribution is 9.10. The van der Waals surface area contributed by atoms with Crippen LogP contribution in [0.5, 0.6) is 0 Å². The van der Waals surface area contributed by atoms with Crippen LogP contribution in [0.2, 0.25) is 0 Å². The molecule has 8 heteroatoms. The molecule has 0 aliphatic rings. The van der Waals surface area contributed by atoms with E-state index in [1.807, 2.05) is 66.1 Å². The topological polar surface area (TPSA) is 59.3 Å².